The van der Waals surface area contributed by atoms with Crippen molar-refractivity contribution in [3.8, 4) is 23.0 Å². The van der Waals surface area contributed by atoms with Gasteiger partial charge in [-0.1, -0.05) is 12.1 Å². The number of carbonyl (C=O) groups is 1. The van der Waals surface area contributed by atoms with E-state index >= 15 is 0 Å². The van der Waals surface area contributed by atoms with Crippen LogP contribution in [0.3, 0.4) is 0 Å². The number of carboxylic acid groups (broad SMARTS) is 1. The molecule has 146 valence electrons. The van der Waals surface area contributed by atoms with Gasteiger partial charge >= 0.3 is 12.1 Å². The second kappa shape index (κ2) is 7.85. The van der Waals surface area contributed by atoms with E-state index in [4.69, 9.17) is 15.2 Å². The van der Waals surface area contributed by atoms with Crippen molar-refractivity contribution in [3.63, 3.8) is 0 Å². The van der Waals surface area contributed by atoms with Crippen LogP contribution in [0.5, 0.6) is 0 Å². The van der Waals surface area contributed by atoms with Gasteiger partial charge in [-0.3, -0.25) is 0 Å². The molecule has 0 saturated carbocycles. The van der Waals surface area contributed by atoms with Crippen LogP contribution < -0.4 is 0 Å². The molecule has 29 heavy (non-hydrogen) atoms. The summed E-state index contributed by atoms with van der Waals surface area (Å²) in [6.07, 6.45) is 0.471. The largest absolute Gasteiger partial charge is 0.490 e. The van der Waals surface area contributed by atoms with Crippen LogP contribution in [0, 0.1) is 11.3 Å². The van der Waals surface area contributed by atoms with Crippen molar-refractivity contribution in [1.82, 2.24) is 19.7 Å². The van der Waals surface area contributed by atoms with E-state index in [9.17, 15) is 13.2 Å². The SMILES string of the molecule is N#Cc1ccc(-c2ccn(-c3ccnc4[nH]ccc34)n2)cc1.O=C(O)C(F)(F)F. The molecule has 0 radical (unpaired) electrons. The maximum absolute atomic E-state index is 10.6. The molecule has 0 spiro atoms. The third kappa shape index (κ3) is 4.41. The highest BCUT2D eigenvalue weighted by molar-refractivity contribution is 5.84. The molecule has 0 unspecified atom stereocenters. The van der Waals surface area contributed by atoms with Crippen LogP contribution in [0.15, 0.2) is 61.1 Å². The molecule has 0 aliphatic carbocycles. The first-order chi connectivity index (χ1) is 13.8. The number of benzene rings is 1. The number of halogens is 3. The number of hydrogen-bond acceptors (Lipinski definition) is 4. The zero-order chi connectivity index (χ0) is 21.0. The molecule has 10 heteroatoms. The van der Waals surface area contributed by atoms with Crippen molar-refractivity contribution in [2.45, 2.75) is 6.18 Å². The van der Waals surface area contributed by atoms with Crippen molar-refractivity contribution >= 4 is 17.0 Å². The highest BCUT2D eigenvalue weighted by Crippen LogP contribution is 2.22. The van der Waals surface area contributed by atoms with Crippen LogP contribution in [0.2, 0.25) is 0 Å². The number of nitrogens with one attached hydrogen (secondary N) is 1. The molecule has 0 aliphatic rings. The van der Waals surface area contributed by atoms with E-state index in [0.717, 1.165) is 28.0 Å². The van der Waals surface area contributed by atoms with Crippen LogP contribution in [0.1, 0.15) is 5.56 Å². The summed E-state index contributed by atoms with van der Waals surface area (Å²) in [5, 5.41) is 21.6. The predicted octanol–water partition coefficient (Wildman–Crippen LogP) is 3.92. The fraction of sp³-hybridized carbons (Fsp3) is 0.0526. The summed E-state index contributed by atoms with van der Waals surface area (Å²) in [5.41, 5.74) is 4.31. The first-order valence-corrected chi connectivity index (χ1v) is 8.08. The number of alkyl halides is 3. The van der Waals surface area contributed by atoms with Gasteiger partial charge in [0.05, 0.1) is 23.0 Å². The van der Waals surface area contributed by atoms with Gasteiger partial charge in [0.1, 0.15) is 5.65 Å². The maximum atomic E-state index is 10.6. The molecule has 0 aliphatic heterocycles. The van der Waals surface area contributed by atoms with Crippen molar-refractivity contribution in [3.05, 3.63) is 66.6 Å². The standard InChI is InChI=1S/C17H11N5.C2HF3O2/c18-11-12-1-3-13(4-2-12)15-7-10-22(21-15)16-6-9-20-17-14(16)5-8-19-17;3-2(4,5)1(6)7/h1-10H,(H,19,20);(H,6,7). The van der Waals surface area contributed by atoms with E-state index in [1.807, 2.05) is 47.4 Å². The Bertz CT molecular complexity index is 1190. The number of carboxylic acids is 1. The number of aromatic nitrogens is 4. The molecule has 0 bridgehead atoms. The average Bonchev–Trinajstić information content (AvgIpc) is 3.37. The van der Waals surface area contributed by atoms with Crippen molar-refractivity contribution in [2.24, 2.45) is 0 Å². The zero-order valence-corrected chi connectivity index (χ0v) is 14.6. The summed E-state index contributed by atoms with van der Waals surface area (Å²) < 4.78 is 33.6. The molecule has 0 amide bonds. The lowest BCUT2D eigenvalue weighted by molar-refractivity contribution is -0.192. The Morgan fingerprint density at radius 2 is 1.83 bits per heavy atom. The second-order valence-corrected chi connectivity index (χ2v) is 5.71. The van der Waals surface area contributed by atoms with Gasteiger partial charge < -0.3 is 10.1 Å². The minimum atomic E-state index is -5.08. The maximum Gasteiger partial charge on any atom is 0.490 e. The van der Waals surface area contributed by atoms with Crippen molar-refractivity contribution in [2.75, 3.05) is 0 Å². The first kappa shape index (κ1) is 19.6. The molecule has 4 aromatic rings. The van der Waals surface area contributed by atoms with Gasteiger partial charge in [0.2, 0.25) is 0 Å². The van der Waals surface area contributed by atoms with Crippen LogP contribution in [-0.4, -0.2) is 37.0 Å². The fourth-order valence-corrected chi connectivity index (χ4v) is 2.47. The topological polar surface area (TPSA) is 108 Å². The number of aliphatic carboxylic acids is 1. The minimum absolute atomic E-state index is 0.645. The van der Waals surface area contributed by atoms with Gasteiger partial charge in [0.15, 0.2) is 0 Å². The van der Waals surface area contributed by atoms with Crippen molar-refractivity contribution in [1.29, 1.82) is 5.26 Å². The van der Waals surface area contributed by atoms with Gasteiger partial charge in [0, 0.05) is 29.5 Å². The Morgan fingerprint density at radius 1 is 1.14 bits per heavy atom. The summed E-state index contributed by atoms with van der Waals surface area (Å²) in [5.74, 6) is -2.76. The molecule has 0 atom stereocenters. The minimum Gasteiger partial charge on any atom is -0.475 e. The molecule has 0 saturated heterocycles. The highest BCUT2D eigenvalue weighted by Gasteiger charge is 2.38. The van der Waals surface area contributed by atoms with Gasteiger partial charge in [-0.25, -0.2) is 14.5 Å². The Morgan fingerprint density at radius 3 is 2.45 bits per heavy atom. The number of fused-ring (bicyclic) bond motifs is 1. The molecular weight excluding hydrogens is 387 g/mol. The first-order valence-electron chi connectivity index (χ1n) is 8.08. The third-order valence-electron chi connectivity index (χ3n) is 3.83. The van der Waals surface area contributed by atoms with Crippen molar-refractivity contribution < 1.29 is 23.1 Å². The van der Waals surface area contributed by atoms with Crippen LogP contribution in [0.4, 0.5) is 13.2 Å². The number of nitriles is 1. The lowest BCUT2D eigenvalue weighted by atomic mass is 10.1. The molecule has 4 rings (SSSR count). The number of aromatic amines is 1. The van der Waals surface area contributed by atoms with E-state index in [1.54, 1.807) is 18.3 Å². The quantitative estimate of drug-likeness (QED) is 0.531. The Hall–Kier alpha value is -4.13. The predicted molar refractivity (Wildman–Crippen MR) is 97.1 cm³/mol. The molecule has 7 nitrogen and oxygen atoms in total. The fourth-order valence-electron chi connectivity index (χ4n) is 2.47. The number of nitrogens with zero attached hydrogens (tertiary/aromatic N) is 4. The van der Waals surface area contributed by atoms with Crippen LogP contribution in [0.25, 0.3) is 28.0 Å². The van der Waals surface area contributed by atoms with Gasteiger partial charge in [-0.15, -0.1) is 0 Å². The van der Waals surface area contributed by atoms with E-state index in [0.29, 0.717) is 5.56 Å². The van der Waals surface area contributed by atoms with Gasteiger partial charge in [-0.05, 0) is 30.3 Å². The summed E-state index contributed by atoms with van der Waals surface area (Å²) >= 11 is 0. The van der Waals surface area contributed by atoms with E-state index in [1.165, 1.54) is 0 Å². The van der Waals surface area contributed by atoms with Crippen LogP contribution >= 0.6 is 0 Å². The average molecular weight is 399 g/mol. The smallest absolute Gasteiger partial charge is 0.475 e. The summed E-state index contributed by atoms with van der Waals surface area (Å²) in [4.78, 5) is 16.3. The van der Waals surface area contributed by atoms with Gasteiger partial charge in [0.25, 0.3) is 0 Å². The third-order valence-corrected chi connectivity index (χ3v) is 3.83. The lowest BCUT2D eigenvalue weighted by Crippen LogP contribution is -2.21. The Labute approximate surface area is 161 Å². The number of hydrogen-bond donors (Lipinski definition) is 2. The van der Waals surface area contributed by atoms with Crippen LogP contribution in [-0.2, 0) is 4.79 Å². The molecule has 3 heterocycles. The molecular formula is C19H12F3N5O2. The second-order valence-electron chi connectivity index (χ2n) is 5.71. The number of pyridine rings is 1. The number of rotatable bonds is 2. The summed E-state index contributed by atoms with van der Waals surface area (Å²) in [6, 6.07) is 15.4. The molecule has 3 aromatic heterocycles. The van der Waals surface area contributed by atoms with E-state index in [2.05, 4.69) is 21.1 Å². The monoisotopic (exact) mass is 399 g/mol. The van der Waals surface area contributed by atoms with Gasteiger partial charge in [-0.2, -0.15) is 23.5 Å². The normalized spacial score (nSPS) is 10.8. The van der Waals surface area contributed by atoms with E-state index < -0.39 is 12.1 Å². The summed E-state index contributed by atoms with van der Waals surface area (Å²) in [6.45, 7) is 0. The number of H-pyrrole nitrogens is 1. The van der Waals surface area contributed by atoms with E-state index in [-0.39, 0.29) is 0 Å². The Balaban J connectivity index is 0.000000298. The Kier molecular flexibility index (Phi) is 5.32. The lowest BCUT2D eigenvalue weighted by Gasteiger charge is -2.03. The zero-order valence-electron chi connectivity index (χ0n) is 14.6. The summed E-state index contributed by atoms with van der Waals surface area (Å²) in [7, 11) is 0. The molecule has 1 aromatic carbocycles. The molecule has 0 fully saturated rings. The highest BCUT2D eigenvalue weighted by atomic mass is 19.4. The molecule has 2 N–H and O–H groups in total.